The highest BCUT2D eigenvalue weighted by Crippen LogP contribution is 2.66. The molecule has 1 saturated carbocycles. The number of urea groups is 1. The number of carbonyl (C=O) groups is 5. The predicted molar refractivity (Wildman–Crippen MR) is 226 cm³/mol. The third-order valence-corrected chi connectivity index (χ3v) is 12.9. The largest absolute Gasteiger partial charge is 0.508 e. The molecule has 3 amide bonds. The van der Waals surface area contributed by atoms with Gasteiger partial charge in [-0.2, -0.15) is 0 Å². The Kier molecular flexibility index (Phi) is 11.4. The normalized spacial score (nSPS) is 25.8. The number of benzene rings is 4. The Labute approximate surface area is 359 Å². The molecule has 4 aliphatic rings. The average molecular weight is 840 g/mol. The highest BCUT2D eigenvalue weighted by atomic mass is 16.6. The number of anilines is 1. The quantitative estimate of drug-likeness (QED) is 0.0908. The number of cyclic esters (lactones) is 1. The van der Waals surface area contributed by atoms with E-state index in [1.165, 1.54) is 25.3 Å². The van der Waals surface area contributed by atoms with Crippen molar-refractivity contribution in [3.05, 3.63) is 131 Å². The molecule has 0 bridgehead atoms. The van der Waals surface area contributed by atoms with Gasteiger partial charge in [-0.3, -0.25) is 19.3 Å². The number of nitrogens with one attached hydrogen (secondary N) is 1. The number of amides is 3. The van der Waals surface area contributed by atoms with Crippen molar-refractivity contribution < 1.29 is 48.8 Å². The third-order valence-electron chi connectivity index (χ3n) is 12.9. The minimum Gasteiger partial charge on any atom is -0.508 e. The minimum atomic E-state index is -2.24. The zero-order valence-electron chi connectivity index (χ0n) is 34.7. The first-order chi connectivity index (χ1) is 29.8. The van der Waals surface area contributed by atoms with Gasteiger partial charge < -0.3 is 30.1 Å². The van der Waals surface area contributed by atoms with Crippen molar-refractivity contribution in [1.29, 1.82) is 0 Å². The molecule has 13 nitrogen and oxygen atoms in total. The molecule has 7 atom stereocenters. The van der Waals surface area contributed by atoms with E-state index in [1.54, 1.807) is 55.1 Å². The number of aliphatic carboxylic acids is 1. The number of hydrogen-bond acceptors (Lipinski definition) is 10. The highest BCUT2D eigenvalue weighted by Gasteiger charge is 2.76. The van der Waals surface area contributed by atoms with Gasteiger partial charge in [0.25, 0.3) is 0 Å². The van der Waals surface area contributed by atoms with Crippen LogP contribution in [0, 0.1) is 23.7 Å². The summed E-state index contributed by atoms with van der Waals surface area (Å²) in [5.74, 6) is -0.339. The third kappa shape index (κ3) is 7.16. The Hall–Kier alpha value is -6.49. The lowest BCUT2D eigenvalue weighted by Crippen LogP contribution is -2.56. The van der Waals surface area contributed by atoms with Gasteiger partial charge >= 0.3 is 23.9 Å². The van der Waals surface area contributed by atoms with Gasteiger partial charge in [-0.1, -0.05) is 111 Å². The monoisotopic (exact) mass is 839 g/mol. The molecule has 3 fully saturated rings. The van der Waals surface area contributed by atoms with E-state index in [4.69, 9.17) is 9.47 Å². The molecule has 3 aliphatic heterocycles. The van der Waals surface area contributed by atoms with Gasteiger partial charge in [0.05, 0.1) is 24.9 Å². The van der Waals surface area contributed by atoms with Crippen LogP contribution in [-0.2, 0) is 34.1 Å². The maximum absolute atomic E-state index is 16.0. The van der Waals surface area contributed by atoms with Crippen molar-refractivity contribution in [2.45, 2.75) is 93.7 Å². The van der Waals surface area contributed by atoms with Gasteiger partial charge in [0.15, 0.2) is 0 Å². The van der Waals surface area contributed by atoms with Crippen LogP contribution in [0.4, 0.5) is 10.5 Å². The van der Waals surface area contributed by atoms with E-state index in [-0.39, 0.29) is 17.0 Å². The van der Waals surface area contributed by atoms with Crippen LogP contribution in [0.2, 0.25) is 0 Å². The van der Waals surface area contributed by atoms with E-state index in [9.17, 15) is 34.5 Å². The summed E-state index contributed by atoms with van der Waals surface area (Å²) in [6, 6.07) is 23.0. The molecule has 1 spiro atoms. The lowest BCUT2D eigenvalue weighted by Gasteiger charge is -2.46. The van der Waals surface area contributed by atoms with Crippen LogP contribution in [0.3, 0.4) is 0 Å². The summed E-state index contributed by atoms with van der Waals surface area (Å²) in [6.45, 7) is 3.40. The summed E-state index contributed by atoms with van der Waals surface area (Å²) in [4.78, 5) is 75.3. The number of carbonyl (C=O) groups excluding carboxylic acids is 4. The fraction of sp³-hybridized carbons (Fsp3) is 0.367. The molecule has 4 aromatic carbocycles. The molecule has 62 heavy (non-hydrogen) atoms. The fourth-order valence-electron chi connectivity index (χ4n) is 10.1. The van der Waals surface area contributed by atoms with E-state index < -0.39 is 83.0 Å². The van der Waals surface area contributed by atoms with Gasteiger partial charge in [0.2, 0.25) is 5.91 Å². The van der Waals surface area contributed by atoms with Crippen molar-refractivity contribution in [3.63, 3.8) is 0 Å². The molecule has 4 aromatic rings. The standard InChI is InChI=1S/C49H49N3O10/c1-29(2)38(44(56)61-3)50-47(59)51-36-23-18-30(24-27-48(60)25-12-4-5-13-26-48)28-35(36)49(46(51)58)37(43(54)55)40-45(57)62-41(32-16-10-7-11-17-32)39(31-14-8-6-9-15-31)52(40)42(49)33-19-21-34(53)22-20-33/h6-11,14-23,28-29,37-42,53,60H,4-5,12-13,25-26H2,1-3H3,(H,50,59)(H,54,55)/t37-,38+,39-,40-,41+,42+,49-/m1/s1. The summed E-state index contributed by atoms with van der Waals surface area (Å²) in [5.41, 5.74) is -1.37. The second kappa shape index (κ2) is 16.8. The average Bonchev–Trinajstić information content (AvgIpc) is 3.61. The van der Waals surface area contributed by atoms with Gasteiger partial charge in [0.1, 0.15) is 40.9 Å². The number of methoxy groups -OCH3 is 1. The maximum Gasteiger partial charge on any atom is 0.329 e. The number of nitrogens with zero attached hydrogens (tertiary/aromatic N) is 2. The number of phenols is 1. The van der Waals surface area contributed by atoms with E-state index in [0.717, 1.165) is 30.6 Å². The summed E-state index contributed by atoms with van der Waals surface area (Å²) in [7, 11) is 1.18. The number of morpholine rings is 1. The smallest absolute Gasteiger partial charge is 0.329 e. The number of fused-ring (bicyclic) bond motifs is 3. The molecule has 0 unspecified atom stereocenters. The van der Waals surface area contributed by atoms with Crippen molar-refractivity contribution in [2.24, 2.45) is 11.8 Å². The van der Waals surface area contributed by atoms with Crippen LogP contribution in [-0.4, -0.2) is 74.9 Å². The molecule has 3 heterocycles. The second-order valence-electron chi connectivity index (χ2n) is 17.0. The fourth-order valence-corrected chi connectivity index (χ4v) is 10.1. The Morgan fingerprint density at radius 1 is 0.839 bits per heavy atom. The van der Waals surface area contributed by atoms with Crippen LogP contribution in [0.5, 0.6) is 5.75 Å². The zero-order chi connectivity index (χ0) is 43.9. The van der Waals surface area contributed by atoms with Crippen LogP contribution in [0.15, 0.2) is 103 Å². The first kappa shape index (κ1) is 42.2. The number of hydrogen-bond donors (Lipinski definition) is 4. The summed E-state index contributed by atoms with van der Waals surface area (Å²) >= 11 is 0. The van der Waals surface area contributed by atoms with Gasteiger partial charge in [0, 0.05) is 5.56 Å². The van der Waals surface area contributed by atoms with Crippen molar-refractivity contribution in [3.8, 4) is 17.6 Å². The van der Waals surface area contributed by atoms with E-state index in [2.05, 4.69) is 17.2 Å². The number of aromatic hydroxyl groups is 1. The van der Waals surface area contributed by atoms with E-state index >= 15 is 4.79 Å². The highest BCUT2D eigenvalue weighted by molar-refractivity contribution is 6.24. The molecular weight excluding hydrogens is 791 g/mol. The number of esters is 2. The number of aliphatic hydroxyl groups is 1. The van der Waals surface area contributed by atoms with E-state index in [1.807, 2.05) is 48.5 Å². The summed E-state index contributed by atoms with van der Waals surface area (Å²) < 4.78 is 11.3. The van der Waals surface area contributed by atoms with Gasteiger partial charge in [-0.25, -0.2) is 14.5 Å². The van der Waals surface area contributed by atoms with Crippen LogP contribution in [0.1, 0.15) is 98.4 Å². The van der Waals surface area contributed by atoms with E-state index in [0.29, 0.717) is 35.1 Å². The first-order valence-electron chi connectivity index (χ1n) is 21.0. The van der Waals surface area contributed by atoms with Crippen molar-refractivity contribution in [2.75, 3.05) is 12.0 Å². The lowest BCUT2D eigenvalue weighted by atomic mass is 9.65. The predicted octanol–water partition coefficient (Wildman–Crippen LogP) is 6.49. The molecule has 1 aliphatic carbocycles. The number of rotatable bonds is 7. The Morgan fingerprint density at radius 3 is 2.06 bits per heavy atom. The number of phenolic OH excluding ortho intramolecular Hbond substituents is 1. The van der Waals surface area contributed by atoms with Crippen LogP contribution < -0.4 is 10.2 Å². The first-order valence-corrected chi connectivity index (χ1v) is 21.0. The van der Waals surface area contributed by atoms with Crippen molar-refractivity contribution >= 4 is 35.5 Å². The molecule has 13 heteroatoms. The molecule has 2 saturated heterocycles. The number of carboxylic acid groups (broad SMARTS) is 1. The molecular formula is C49H49N3O10. The number of carboxylic acids is 1. The SMILES string of the molecule is COC(=O)[C@@H](NC(=O)N1C(=O)[C@@]2(c3cc(C#CC4(O)CCCCCC4)ccc31)[C@H](c1ccc(O)cc1)N1[C@H](c3ccccc3)[C@H](c3ccccc3)OC(=O)[C@H]1[C@@H]2C(=O)O)C(C)C. The molecule has 4 N–H and O–H groups in total. The molecule has 0 radical (unpaired) electrons. The van der Waals surface area contributed by atoms with Gasteiger partial charge in [-0.15, -0.1) is 0 Å². The second-order valence-corrected chi connectivity index (χ2v) is 17.0. The Bertz CT molecular complexity index is 2440. The topological polar surface area (TPSA) is 183 Å². The number of ether oxygens (including phenoxy) is 2. The molecule has 0 aromatic heterocycles. The maximum atomic E-state index is 16.0. The molecule has 320 valence electrons. The molecule has 8 rings (SSSR count). The Balaban J connectivity index is 1.42. The van der Waals surface area contributed by atoms with Gasteiger partial charge in [-0.05, 0) is 84.2 Å². The Morgan fingerprint density at radius 2 is 1.47 bits per heavy atom. The summed E-state index contributed by atoms with van der Waals surface area (Å²) in [5, 5.41) is 36.3. The van der Waals surface area contributed by atoms with Crippen molar-refractivity contribution in [1.82, 2.24) is 10.2 Å². The number of imide groups is 1. The summed E-state index contributed by atoms with van der Waals surface area (Å²) in [6.07, 6.45) is 3.53. The minimum absolute atomic E-state index is 0.0257. The van der Waals surface area contributed by atoms with Crippen LogP contribution >= 0.6 is 0 Å². The zero-order valence-corrected chi connectivity index (χ0v) is 34.7. The lowest BCUT2D eigenvalue weighted by molar-refractivity contribution is -0.179. The van der Waals surface area contributed by atoms with Crippen LogP contribution in [0.25, 0.3) is 0 Å².